The monoisotopic (exact) mass is 311 g/mol. The number of aryl methyl sites for hydroxylation is 2. The van der Waals surface area contributed by atoms with E-state index < -0.39 is 0 Å². The molecule has 5 heteroatoms. The van der Waals surface area contributed by atoms with Gasteiger partial charge in [0.2, 0.25) is 0 Å². The molecule has 0 atom stereocenters. The highest BCUT2D eigenvalue weighted by atomic mass is 35.5. The minimum atomic E-state index is 0.674. The predicted molar refractivity (Wildman–Crippen MR) is 84.6 cm³/mol. The molecule has 0 aliphatic rings. The summed E-state index contributed by atoms with van der Waals surface area (Å²) in [5, 5.41) is 9.26. The van der Waals surface area contributed by atoms with Gasteiger partial charge in [0, 0.05) is 34.9 Å². The number of rotatable bonds is 5. The van der Waals surface area contributed by atoms with Crippen LogP contribution in [0.1, 0.15) is 22.5 Å². The van der Waals surface area contributed by atoms with Crippen molar-refractivity contribution in [2.24, 2.45) is 7.05 Å². The van der Waals surface area contributed by atoms with Gasteiger partial charge in [-0.3, -0.25) is 4.68 Å². The number of hydrogen-bond acceptors (Lipinski definition) is 2. The van der Waals surface area contributed by atoms with Gasteiger partial charge in [-0.1, -0.05) is 29.3 Å². The first-order valence-corrected chi connectivity index (χ1v) is 7.38. The second-order valence-electron chi connectivity index (χ2n) is 4.94. The van der Waals surface area contributed by atoms with Crippen LogP contribution in [0.2, 0.25) is 10.0 Å². The summed E-state index contributed by atoms with van der Waals surface area (Å²) in [6.07, 6.45) is 0.883. The lowest BCUT2D eigenvalue weighted by Crippen LogP contribution is -2.17. The van der Waals surface area contributed by atoms with Crippen molar-refractivity contribution in [3.63, 3.8) is 0 Å². The molecule has 108 valence electrons. The van der Waals surface area contributed by atoms with E-state index in [1.54, 1.807) is 6.07 Å². The SMILES string of the molecule is Cc1nn(C)c(C)c1CNCCc1ccc(Cl)cc1Cl. The van der Waals surface area contributed by atoms with E-state index in [0.29, 0.717) is 5.02 Å². The van der Waals surface area contributed by atoms with Crippen molar-refractivity contribution in [1.29, 1.82) is 0 Å². The Morgan fingerprint density at radius 3 is 2.60 bits per heavy atom. The fraction of sp³-hybridized carbons (Fsp3) is 0.400. The van der Waals surface area contributed by atoms with Gasteiger partial charge in [0.15, 0.2) is 0 Å². The minimum absolute atomic E-state index is 0.674. The van der Waals surface area contributed by atoms with Gasteiger partial charge in [0.05, 0.1) is 5.69 Å². The van der Waals surface area contributed by atoms with E-state index in [9.17, 15) is 0 Å². The normalized spacial score (nSPS) is 11.1. The highest BCUT2D eigenvalue weighted by molar-refractivity contribution is 6.35. The highest BCUT2D eigenvalue weighted by Gasteiger charge is 2.08. The van der Waals surface area contributed by atoms with Crippen LogP contribution in [0, 0.1) is 13.8 Å². The van der Waals surface area contributed by atoms with Gasteiger partial charge in [-0.25, -0.2) is 0 Å². The standard InChI is InChI=1S/C15H19Cl2N3/c1-10-14(11(2)20(3)19-10)9-18-7-6-12-4-5-13(16)8-15(12)17/h4-5,8,18H,6-7,9H2,1-3H3. The van der Waals surface area contributed by atoms with E-state index in [4.69, 9.17) is 23.2 Å². The molecule has 20 heavy (non-hydrogen) atoms. The summed E-state index contributed by atoms with van der Waals surface area (Å²) in [7, 11) is 1.97. The van der Waals surface area contributed by atoms with E-state index in [1.165, 1.54) is 11.3 Å². The third-order valence-corrected chi connectivity index (χ3v) is 4.13. The minimum Gasteiger partial charge on any atom is -0.312 e. The van der Waals surface area contributed by atoms with E-state index in [0.717, 1.165) is 35.8 Å². The summed E-state index contributed by atoms with van der Waals surface area (Å²) in [6.45, 7) is 5.83. The molecule has 2 aromatic rings. The van der Waals surface area contributed by atoms with Crippen molar-refractivity contribution in [3.8, 4) is 0 Å². The van der Waals surface area contributed by atoms with E-state index in [1.807, 2.05) is 30.8 Å². The van der Waals surface area contributed by atoms with Gasteiger partial charge in [0.25, 0.3) is 0 Å². The van der Waals surface area contributed by atoms with Crippen LogP contribution in [0.15, 0.2) is 18.2 Å². The van der Waals surface area contributed by atoms with Crippen LogP contribution in [0.25, 0.3) is 0 Å². The molecule has 1 aromatic heterocycles. The summed E-state index contributed by atoms with van der Waals surface area (Å²) < 4.78 is 1.92. The number of aromatic nitrogens is 2. The van der Waals surface area contributed by atoms with Crippen molar-refractivity contribution >= 4 is 23.2 Å². The molecule has 3 nitrogen and oxygen atoms in total. The molecule has 0 fully saturated rings. The Bertz CT molecular complexity index is 605. The van der Waals surface area contributed by atoms with Crippen LogP contribution in [0.5, 0.6) is 0 Å². The molecule has 0 aliphatic heterocycles. The molecule has 0 aliphatic carbocycles. The molecular formula is C15H19Cl2N3. The van der Waals surface area contributed by atoms with Gasteiger partial charge >= 0.3 is 0 Å². The molecule has 0 bridgehead atoms. The lowest BCUT2D eigenvalue weighted by Gasteiger charge is -2.07. The number of halogens is 2. The summed E-state index contributed by atoms with van der Waals surface area (Å²) >= 11 is 12.0. The zero-order chi connectivity index (χ0) is 14.7. The average molecular weight is 312 g/mol. The van der Waals surface area contributed by atoms with Crippen LogP contribution >= 0.6 is 23.2 Å². The molecule has 0 unspecified atom stereocenters. The summed E-state index contributed by atoms with van der Waals surface area (Å²) in [6, 6.07) is 5.64. The van der Waals surface area contributed by atoms with Crippen molar-refractivity contribution in [3.05, 3.63) is 50.8 Å². The van der Waals surface area contributed by atoms with Gasteiger partial charge in [-0.2, -0.15) is 5.10 Å². The second kappa shape index (κ2) is 6.61. The zero-order valence-corrected chi connectivity index (χ0v) is 13.5. The zero-order valence-electron chi connectivity index (χ0n) is 12.0. The maximum Gasteiger partial charge on any atom is 0.0641 e. The molecule has 2 rings (SSSR count). The quantitative estimate of drug-likeness (QED) is 0.854. The fourth-order valence-electron chi connectivity index (χ4n) is 2.23. The van der Waals surface area contributed by atoms with Crippen molar-refractivity contribution < 1.29 is 0 Å². The molecule has 0 saturated carbocycles. The van der Waals surface area contributed by atoms with Crippen LogP contribution in [0.4, 0.5) is 0 Å². The van der Waals surface area contributed by atoms with Crippen LogP contribution in [-0.4, -0.2) is 16.3 Å². The molecular weight excluding hydrogens is 293 g/mol. The Labute approximate surface area is 129 Å². The summed E-state index contributed by atoms with van der Waals surface area (Å²) in [5.41, 5.74) is 4.68. The highest BCUT2D eigenvalue weighted by Crippen LogP contribution is 2.21. The molecule has 0 amide bonds. The van der Waals surface area contributed by atoms with Crippen molar-refractivity contribution in [1.82, 2.24) is 15.1 Å². The number of hydrogen-bond donors (Lipinski definition) is 1. The Kier molecular flexibility index (Phi) is 5.08. The van der Waals surface area contributed by atoms with Gasteiger partial charge in [0.1, 0.15) is 0 Å². The van der Waals surface area contributed by atoms with E-state index in [-0.39, 0.29) is 0 Å². The molecule has 0 spiro atoms. The Morgan fingerprint density at radius 1 is 1.25 bits per heavy atom. The van der Waals surface area contributed by atoms with Crippen LogP contribution < -0.4 is 5.32 Å². The second-order valence-corrected chi connectivity index (χ2v) is 5.78. The summed E-state index contributed by atoms with van der Waals surface area (Å²) in [4.78, 5) is 0. The smallest absolute Gasteiger partial charge is 0.0641 e. The lowest BCUT2D eigenvalue weighted by atomic mass is 10.1. The van der Waals surface area contributed by atoms with Gasteiger partial charge in [-0.15, -0.1) is 0 Å². The van der Waals surface area contributed by atoms with Crippen LogP contribution in [-0.2, 0) is 20.0 Å². The summed E-state index contributed by atoms with van der Waals surface area (Å²) in [5.74, 6) is 0. The molecule has 0 radical (unpaired) electrons. The number of benzene rings is 1. The van der Waals surface area contributed by atoms with Crippen LogP contribution in [0.3, 0.4) is 0 Å². The van der Waals surface area contributed by atoms with Gasteiger partial charge < -0.3 is 5.32 Å². The predicted octanol–water partition coefficient (Wildman–Crippen LogP) is 3.68. The maximum absolute atomic E-state index is 6.15. The third kappa shape index (κ3) is 3.54. The Hall–Kier alpha value is -1.03. The van der Waals surface area contributed by atoms with E-state index >= 15 is 0 Å². The van der Waals surface area contributed by atoms with E-state index in [2.05, 4.69) is 17.3 Å². The Balaban J connectivity index is 1.87. The van der Waals surface area contributed by atoms with Crippen molar-refractivity contribution in [2.45, 2.75) is 26.8 Å². The topological polar surface area (TPSA) is 29.9 Å². The largest absolute Gasteiger partial charge is 0.312 e. The maximum atomic E-state index is 6.15. The first-order chi connectivity index (χ1) is 9.49. The lowest BCUT2D eigenvalue weighted by molar-refractivity contribution is 0.679. The first kappa shape index (κ1) is 15.4. The molecule has 1 aromatic carbocycles. The average Bonchev–Trinajstić information content (AvgIpc) is 2.62. The molecule has 1 N–H and O–H groups in total. The third-order valence-electron chi connectivity index (χ3n) is 3.55. The number of nitrogens with one attached hydrogen (secondary N) is 1. The fourth-order valence-corrected chi connectivity index (χ4v) is 2.74. The first-order valence-electron chi connectivity index (χ1n) is 6.62. The molecule has 0 saturated heterocycles. The van der Waals surface area contributed by atoms with Gasteiger partial charge in [-0.05, 0) is 44.5 Å². The number of nitrogens with zero attached hydrogens (tertiary/aromatic N) is 2. The Morgan fingerprint density at radius 2 is 2.00 bits per heavy atom. The molecule has 1 heterocycles. The van der Waals surface area contributed by atoms with Crippen molar-refractivity contribution in [2.75, 3.05) is 6.54 Å².